The second kappa shape index (κ2) is 2.95. The van der Waals surface area contributed by atoms with Crippen molar-refractivity contribution in [2.24, 2.45) is 0 Å². The molecule has 0 fully saturated rings. The van der Waals surface area contributed by atoms with E-state index in [1.54, 1.807) is 35.1 Å². The van der Waals surface area contributed by atoms with E-state index in [1.165, 1.54) is 0 Å². The summed E-state index contributed by atoms with van der Waals surface area (Å²) in [5, 5.41) is 3.18. The molecular weight excluding hydrogens is 192 g/mol. The molecule has 12 heavy (non-hydrogen) atoms. The third kappa shape index (κ3) is 1.17. The quantitative estimate of drug-likeness (QED) is 0.636. The highest BCUT2D eigenvalue weighted by Crippen LogP contribution is 2.26. The van der Waals surface area contributed by atoms with Gasteiger partial charge in [0, 0.05) is 10.8 Å². The lowest BCUT2D eigenvalue weighted by Crippen LogP contribution is -1.95. The molecule has 0 aromatic heterocycles. The molecule has 2 atom stereocenters. The molecule has 2 unspecified atom stereocenters. The highest BCUT2D eigenvalue weighted by atomic mass is 32.2. The second-order valence-electron chi connectivity index (χ2n) is 2.31. The minimum Gasteiger partial charge on any atom is -0.250 e. The van der Waals surface area contributed by atoms with Gasteiger partial charge in [0.1, 0.15) is 0 Å². The molecule has 0 N–H and O–H groups in total. The fraction of sp³-hybridized carbons (Fsp3) is 0. The third-order valence-corrected chi connectivity index (χ3v) is 4.09. The van der Waals surface area contributed by atoms with Crippen LogP contribution in [-0.4, -0.2) is 8.42 Å². The molecule has 2 nitrogen and oxygen atoms in total. The fourth-order valence-electron chi connectivity index (χ4n) is 1.04. The van der Waals surface area contributed by atoms with E-state index in [0.29, 0.717) is 9.81 Å². The van der Waals surface area contributed by atoms with Crippen molar-refractivity contribution in [3.63, 3.8) is 0 Å². The van der Waals surface area contributed by atoms with Crippen molar-refractivity contribution in [2.45, 2.75) is 0 Å². The Labute approximate surface area is 75.3 Å². The summed E-state index contributed by atoms with van der Waals surface area (Å²) in [5.41, 5.74) is 0. The predicted octanol–water partition coefficient (Wildman–Crippen LogP) is 1.31. The summed E-state index contributed by atoms with van der Waals surface area (Å²) in [6.07, 6.45) is 6.93. The molecule has 0 aromatic carbocycles. The summed E-state index contributed by atoms with van der Waals surface area (Å²) in [5.74, 6) is 0. The average Bonchev–Trinajstić information content (AvgIpc) is 2.59. The molecule has 2 aliphatic heterocycles. The van der Waals surface area contributed by atoms with Gasteiger partial charge < -0.3 is 0 Å². The Balaban J connectivity index is 2.35. The topological polar surface area (TPSA) is 34.1 Å². The van der Waals surface area contributed by atoms with Gasteiger partial charge in [0.25, 0.3) is 0 Å². The van der Waals surface area contributed by atoms with Crippen LogP contribution in [0.1, 0.15) is 0 Å². The first-order valence-corrected chi connectivity index (χ1v) is 5.80. The van der Waals surface area contributed by atoms with Crippen molar-refractivity contribution in [1.29, 1.82) is 0 Å². The van der Waals surface area contributed by atoms with Gasteiger partial charge in [0.05, 0.1) is 31.4 Å². The van der Waals surface area contributed by atoms with Crippen LogP contribution >= 0.6 is 0 Å². The van der Waals surface area contributed by atoms with Gasteiger partial charge in [-0.05, 0) is 12.2 Å². The van der Waals surface area contributed by atoms with Crippen LogP contribution in [0.5, 0.6) is 0 Å². The molecule has 0 aliphatic carbocycles. The maximum absolute atomic E-state index is 11.3. The lowest BCUT2D eigenvalue weighted by atomic mass is 10.4. The van der Waals surface area contributed by atoms with Gasteiger partial charge in [-0.15, -0.1) is 0 Å². The van der Waals surface area contributed by atoms with Gasteiger partial charge in [-0.2, -0.15) is 0 Å². The number of rotatable bonds is 1. The zero-order valence-electron chi connectivity index (χ0n) is 6.10. The van der Waals surface area contributed by atoms with Crippen molar-refractivity contribution >= 4 is 21.6 Å². The average molecular weight is 198 g/mol. The molecule has 62 valence electrons. The van der Waals surface area contributed by atoms with E-state index in [9.17, 15) is 8.42 Å². The van der Waals surface area contributed by atoms with E-state index in [-0.39, 0.29) is 0 Å². The predicted molar refractivity (Wildman–Crippen MR) is 50.7 cm³/mol. The Morgan fingerprint density at radius 1 is 0.833 bits per heavy atom. The molecule has 0 saturated heterocycles. The Bertz CT molecular complexity index is 348. The van der Waals surface area contributed by atoms with Crippen LogP contribution in [0.15, 0.2) is 44.9 Å². The maximum atomic E-state index is 11.3. The summed E-state index contributed by atoms with van der Waals surface area (Å²) >= 11 is 0. The van der Waals surface area contributed by atoms with Gasteiger partial charge in [-0.1, -0.05) is 12.2 Å². The van der Waals surface area contributed by atoms with Crippen LogP contribution in [0, 0.1) is 0 Å². The van der Waals surface area contributed by atoms with E-state index in [4.69, 9.17) is 0 Å². The molecule has 0 aromatic rings. The first kappa shape index (κ1) is 7.89. The lowest BCUT2D eigenvalue weighted by molar-refractivity contribution is 0.689. The largest absolute Gasteiger partial charge is 0.250 e. The van der Waals surface area contributed by atoms with Gasteiger partial charge in [0.2, 0.25) is 0 Å². The van der Waals surface area contributed by atoms with E-state index in [0.717, 1.165) is 0 Å². The van der Waals surface area contributed by atoms with Crippen LogP contribution in [0.3, 0.4) is 0 Å². The van der Waals surface area contributed by atoms with Crippen LogP contribution < -0.4 is 0 Å². The first-order valence-electron chi connectivity index (χ1n) is 3.37. The maximum Gasteiger partial charge on any atom is 0.0788 e. The first-order chi connectivity index (χ1) is 5.79. The second-order valence-corrected chi connectivity index (χ2v) is 4.93. The normalized spacial score (nSPS) is 32.3. The Morgan fingerprint density at radius 3 is 1.50 bits per heavy atom. The summed E-state index contributed by atoms with van der Waals surface area (Å²) in [7, 11) is -2.18. The molecule has 0 saturated carbocycles. The molecule has 0 spiro atoms. The standard InChI is InChI=1S/C8H6O2S2/c9-11-5-1-3-7(11)8-4-2-6-12(8)10/h1-6H. The summed E-state index contributed by atoms with van der Waals surface area (Å²) in [6.45, 7) is 0. The highest BCUT2D eigenvalue weighted by molar-refractivity contribution is 7.97. The smallest absolute Gasteiger partial charge is 0.0788 e. The fourth-order valence-corrected chi connectivity index (χ4v) is 3.23. The van der Waals surface area contributed by atoms with Crippen LogP contribution in [0.2, 0.25) is 0 Å². The van der Waals surface area contributed by atoms with Crippen molar-refractivity contribution in [3.05, 3.63) is 44.9 Å². The lowest BCUT2D eigenvalue weighted by Gasteiger charge is -1.99. The zero-order chi connectivity index (χ0) is 8.55. The third-order valence-electron chi connectivity index (χ3n) is 1.58. The van der Waals surface area contributed by atoms with E-state index >= 15 is 0 Å². The van der Waals surface area contributed by atoms with E-state index in [1.807, 2.05) is 0 Å². The van der Waals surface area contributed by atoms with E-state index < -0.39 is 21.6 Å². The Morgan fingerprint density at radius 2 is 1.25 bits per heavy atom. The Hall–Kier alpha value is -0.740. The van der Waals surface area contributed by atoms with Gasteiger partial charge in [-0.3, -0.25) is 0 Å². The summed E-state index contributed by atoms with van der Waals surface area (Å²) in [4.78, 5) is 1.33. The van der Waals surface area contributed by atoms with Crippen LogP contribution in [0.25, 0.3) is 0 Å². The van der Waals surface area contributed by atoms with Gasteiger partial charge in [0.15, 0.2) is 0 Å². The number of allylic oxidation sites excluding steroid dienone is 4. The molecule has 0 radical (unpaired) electrons. The highest BCUT2D eigenvalue weighted by Gasteiger charge is 2.19. The summed E-state index contributed by atoms with van der Waals surface area (Å²) < 4.78 is 22.5. The SMILES string of the molecule is O=S1C=CC=C1C1=CC=CS1=O. The number of hydrogen-bond acceptors (Lipinski definition) is 2. The van der Waals surface area contributed by atoms with Crippen LogP contribution in [-0.2, 0) is 21.6 Å². The molecule has 2 rings (SSSR count). The molecule has 2 heterocycles. The molecular formula is C8H6O2S2. The van der Waals surface area contributed by atoms with Gasteiger partial charge in [-0.25, -0.2) is 8.42 Å². The monoisotopic (exact) mass is 198 g/mol. The van der Waals surface area contributed by atoms with Crippen molar-refractivity contribution < 1.29 is 8.42 Å². The van der Waals surface area contributed by atoms with Crippen molar-refractivity contribution in [2.75, 3.05) is 0 Å². The molecule has 0 amide bonds. The molecule has 2 aliphatic rings. The molecule has 0 bridgehead atoms. The van der Waals surface area contributed by atoms with E-state index in [2.05, 4.69) is 0 Å². The minimum atomic E-state index is -1.09. The summed E-state index contributed by atoms with van der Waals surface area (Å²) in [6, 6.07) is 0. The number of hydrogen-bond donors (Lipinski definition) is 0. The van der Waals surface area contributed by atoms with Gasteiger partial charge >= 0.3 is 0 Å². The molecule has 4 heteroatoms. The minimum absolute atomic E-state index is 0.665. The van der Waals surface area contributed by atoms with Crippen molar-refractivity contribution in [3.8, 4) is 0 Å². The zero-order valence-corrected chi connectivity index (χ0v) is 7.73. The van der Waals surface area contributed by atoms with Crippen molar-refractivity contribution in [1.82, 2.24) is 0 Å². The van der Waals surface area contributed by atoms with Crippen LogP contribution in [0.4, 0.5) is 0 Å². The Kier molecular flexibility index (Phi) is 1.94.